The number of anilines is 1. The minimum Gasteiger partial charge on any atom is -0.460 e. The predicted octanol–water partition coefficient (Wildman–Crippen LogP) is 2.27. The van der Waals surface area contributed by atoms with Crippen molar-refractivity contribution >= 4 is 16.7 Å². The van der Waals surface area contributed by atoms with E-state index in [0.717, 1.165) is 29.0 Å². The van der Waals surface area contributed by atoms with E-state index < -0.39 is 0 Å². The van der Waals surface area contributed by atoms with E-state index in [-0.39, 0.29) is 0 Å². The van der Waals surface area contributed by atoms with Gasteiger partial charge in [-0.05, 0) is 31.0 Å². The summed E-state index contributed by atoms with van der Waals surface area (Å²) in [7, 11) is 0. The van der Waals surface area contributed by atoms with Crippen molar-refractivity contribution in [1.29, 1.82) is 0 Å². The molecule has 1 saturated carbocycles. The van der Waals surface area contributed by atoms with E-state index in [9.17, 15) is 0 Å². The van der Waals surface area contributed by atoms with Gasteiger partial charge in [0.15, 0.2) is 0 Å². The maximum absolute atomic E-state index is 5.86. The number of nitrogen functional groups attached to an aromatic ring is 1. The van der Waals surface area contributed by atoms with Crippen LogP contribution in [0, 0.1) is 0 Å². The van der Waals surface area contributed by atoms with Gasteiger partial charge in [-0.25, -0.2) is 0 Å². The molecule has 0 unspecified atom stereocenters. The molecule has 0 spiro atoms. The molecule has 3 rings (SSSR count). The Labute approximate surface area is 88.3 Å². The Bertz CT molecular complexity index is 485. The molecule has 0 aliphatic heterocycles. The summed E-state index contributed by atoms with van der Waals surface area (Å²) < 4.78 is 5.68. The van der Waals surface area contributed by atoms with E-state index in [0.29, 0.717) is 6.04 Å². The number of benzene rings is 1. The number of furan rings is 1. The Morgan fingerprint density at radius 1 is 1.40 bits per heavy atom. The molecule has 0 amide bonds. The van der Waals surface area contributed by atoms with Gasteiger partial charge in [-0.2, -0.15) is 0 Å². The second-order valence-corrected chi connectivity index (χ2v) is 4.13. The van der Waals surface area contributed by atoms with Gasteiger partial charge in [0.05, 0.1) is 6.54 Å². The molecule has 1 fully saturated rings. The largest absolute Gasteiger partial charge is 0.460 e. The maximum atomic E-state index is 5.86. The molecule has 0 saturated heterocycles. The van der Waals surface area contributed by atoms with E-state index in [4.69, 9.17) is 10.2 Å². The number of nitrogens with two attached hydrogens (primary N) is 1. The minimum absolute atomic E-state index is 0.704. The summed E-state index contributed by atoms with van der Waals surface area (Å²) in [4.78, 5) is 0. The third-order valence-corrected chi connectivity index (χ3v) is 2.79. The second kappa shape index (κ2) is 3.28. The molecule has 0 radical (unpaired) electrons. The van der Waals surface area contributed by atoms with Crippen LogP contribution in [0.15, 0.2) is 28.7 Å². The van der Waals surface area contributed by atoms with Gasteiger partial charge in [0.1, 0.15) is 11.3 Å². The van der Waals surface area contributed by atoms with Crippen LogP contribution in [0.2, 0.25) is 0 Å². The lowest BCUT2D eigenvalue weighted by atomic mass is 10.2. The van der Waals surface area contributed by atoms with Crippen LogP contribution in [0.1, 0.15) is 18.6 Å². The number of fused-ring (bicyclic) bond motifs is 1. The smallest absolute Gasteiger partial charge is 0.136 e. The van der Waals surface area contributed by atoms with Crippen molar-refractivity contribution < 1.29 is 4.42 Å². The van der Waals surface area contributed by atoms with E-state index in [2.05, 4.69) is 5.32 Å². The van der Waals surface area contributed by atoms with Gasteiger partial charge in [-0.3, -0.25) is 0 Å². The molecular formula is C12H14N2O. The molecule has 2 aromatic rings. The van der Waals surface area contributed by atoms with Gasteiger partial charge in [0, 0.05) is 17.1 Å². The Kier molecular flexibility index (Phi) is 1.92. The van der Waals surface area contributed by atoms with Gasteiger partial charge in [-0.15, -0.1) is 0 Å². The van der Waals surface area contributed by atoms with E-state index >= 15 is 0 Å². The molecule has 3 N–H and O–H groups in total. The highest BCUT2D eigenvalue weighted by molar-refractivity contribution is 5.89. The zero-order valence-electron chi connectivity index (χ0n) is 8.49. The molecule has 1 aliphatic carbocycles. The van der Waals surface area contributed by atoms with E-state index in [1.807, 2.05) is 24.3 Å². The first-order valence-corrected chi connectivity index (χ1v) is 5.33. The third kappa shape index (κ3) is 1.70. The molecule has 1 aliphatic rings. The van der Waals surface area contributed by atoms with Crippen LogP contribution in [0.4, 0.5) is 5.69 Å². The predicted molar refractivity (Wildman–Crippen MR) is 60.5 cm³/mol. The minimum atomic E-state index is 0.704. The normalized spacial score (nSPS) is 16.0. The highest BCUT2D eigenvalue weighted by Gasteiger charge is 2.20. The lowest BCUT2D eigenvalue weighted by molar-refractivity contribution is 0.512. The molecule has 0 atom stereocenters. The maximum Gasteiger partial charge on any atom is 0.136 e. The number of hydrogen-bond donors (Lipinski definition) is 2. The summed E-state index contributed by atoms with van der Waals surface area (Å²) in [6, 6.07) is 8.50. The zero-order valence-corrected chi connectivity index (χ0v) is 8.49. The van der Waals surface area contributed by atoms with Crippen LogP contribution in [0.5, 0.6) is 0 Å². The number of rotatable bonds is 3. The fourth-order valence-corrected chi connectivity index (χ4v) is 1.76. The Hall–Kier alpha value is -1.48. The van der Waals surface area contributed by atoms with Gasteiger partial charge in [0.2, 0.25) is 0 Å². The third-order valence-electron chi connectivity index (χ3n) is 2.79. The van der Waals surface area contributed by atoms with Crippen molar-refractivity contribution in [1.82, 2.24) is 5.32 Å². The standard InChI is InChI=1S/C12H14N2O/c13-11-2-1-3-12-10(11)6-9(15-12)7-14-8-4-5-8/h1-3,6,8,14H,4-5,7,13H2. The molecule has 1 aromatic heterocycles. The summed E-state index contributed by atoms with van der Waals surface area (Å²) in [5, 5.41) is 4.44. The summed E-state index contributed by atoms with van der Waals surface area (Å²) in [5.41, 5.74) is 7.52. The average molecular weight is 202 g/mol. The van der Waals surface area contributed by atoms with Crippen LogP contribution in [0.3, 0.4) is 0 Å². The highest BCUT2D eigenvalue weighted by Crippen LogP contribution is 2.25. The average Bonchev–Trinajstić information content (AvgIpc) is 2.95. The molecular weight excluding hydrogens is 188 g/mol. The van der Waals surface area contributed by atoms with Crippen LogP contribution in [-0.4, -0.2) is 6.04 Å². The first kappa shape index (κ1) is 8.80. The van der Waals surface area contributed by atoms with Crippen LogP contribution in [-0.2, 0) is 6.54 Å². The van der Waals surface area contributed by atoms with Crippen LogP contribution < -0.4 is 11.1 Å². The highest BCUT2D eigenvalue weighted by atomic mass is 16.3. The summed E-state index contributed by atoms with van der Waals surface area (Å²) in [6.45, 7) is 0.804. The molecule has 1 aromatic carbocycles. The van der Waals surface area contributed by atoms with Crippen molar-refractivity contribution in [2.24, 2.45) is 0 Å². The monoisotopic (exact) mass is 202 g/mol. The Morgan fingerprint density at radius 2 is 2.27 bits per heavy atom. The van der Waals surface area contributed by atoms with Gasteiger partial charge in [-0.1, -0.05) is 6.07 Å². The van der Waals surface area contributed by atoms with Crippen LogP contribution in [0.25, 0.3) is 11.0 Å². The number of hydrogen-bond acceptors (Lipinski definition) is 3. The molecule has 15 heavy (non-hydrogen) atoms. The molecule has 3 nitrogen and oxygen atoms in total. The Balaban J connectivity index is 1.88. The summed E-state index contributed by atoms with van der Waals surface area (Å²) in [6.07, 6.45) is 2.59. The summed E-state index contributed by atoms with van der Waals surface area (Å²) in [5.74, 6) is 0.967. The topological polar surface area (TPSA) is 51.2 Å². The van der Waals surface area contributed by atoms with Gasteiger partial charge in [0.25, 0.3) is 0 Å². The first-order valence-electron chi connectivity index (χ1n) is 5.33. The molecule has 1 heterocycles. The van der Waals surface area contributed by atoms with Crippen molar-refractivity contribution in [2.75, 3.05) is 5.73 Å². The second-order valence-electron chi connectivity index (χ2n) is 4.13. The quantitative estimate of drug-likeness (QED) is 0.751. The zero-order chi connectivity index (χ0) is 10.3. The molecule has 0 bridgehead atoms. The van der Waals surface area contributed by atoms with Gasteiger partial charge >= 0.3 is 0 Å². The van der Waals surface area contributed by atoms with Crippen molar-refractivity contribution in [3.8, 4) is 0 Å². The lowest BCUT2D eigenvalue weighted by Crippen LogP contribution is -2.14. The first-order chi connectivity index (χ1) is 7.33. The Morgan fingerprint density at radius 3 is 3.00 bits per heavy atom. The van der Waals surface area contributed by atoms with Crippen molar-refractivity contribution in [2.45, 2.75) is 25.4 Å². The van der Waals surface area contributed by atoms with Crippen LogP contribution >= 0.6 is 0 Å². The fraction of sp³-hybridized carbons (Fsp3) is 0.333. The SMILES string of the molecule is Nc1cccc2oc(CNC3CC3)cc12. The van der Waals surface area contributed by atoms with Gasteiger partial charge < -0.3 is 15.5 Å². The lowest BCUT2D eigenvalue weighted by Gasteiger charge is -1.96. The van der Waals surface area contributed by atoms with E-state index in [1.54, 1.807) is 0 Å². The summed E-state index contributed by atoms with van der Waals surface area (Å²) >= 11 is 0. The van der Waals surface area contributed by atoms with E-state index in [1.165, 1.54) is 12.8 Å². The van der Waals surface area contributed by atoms with Crippen molar-refractivity contribution in [3.05, 3.63) is 30.0 Å². The fourth-order valence-electron chi connectivity index (χ4n) is 1.76. The van der Waals surface area contributed by atoms with Crippen molar-refractivity contribution in [3.63, 3.8) is 0 Å². The molecule has 78 valence electrons. The number of nitrogens with one attached hydrogen (secondary N) is 1. The molecule has 3 heteroatoms.